The summed E-state index contributed by atoms with van der Waals surface area (Å²) in [6.07, 6.45) is 43.6. The quantitative estimate of drug-likeness (QED) is 0.0184. The fourth-order valence-electron chi connectivity index (χ4n) is 4.85. The van der Waals surface area contributed by atoms with Crippen LogP contribution >= 0.6 is 7.82 Å². The second kappa shape index (κ2) is 38.4. The van der Waals surface area contributed by atoms with Crippen LogP contribution in [0.5, 0.6) is 0 Å². The van der Waals surface area contributed by atoms with Crippen molar-refractivity contribution in [3.05, 3.63) is 85.1 Å². The summed E-state index contributed by atoms with van der Waals surface area (Å²) in [6.45, 7) is 3.35. The Morgan fingerprint density at radius 2 is 1.28 bits per heavy atom. The van der Waals surface area contributed by atoms with E-state index in [0.717, 1.165) is 64.2 Å². The van der Waals surface area contributed by atoms with E-state index in [1.54, 1.807) is 18.2 Å². The molecule has 0 aliphatic rings. The van der Waals surface area contributed by atoms with E-state index >= 15 is 0 Å². The molecule has 0 amide bonds. The van der Waals surface area contributed by atoms with Gasteiger partial charge in [-0.05, 0) is 70.6 Å². The number of phosphoric ester groups is 1. The summed E-state index contributed by atoms with van der Waals surface area (Å²) in [7, 11) is -4.42. The zero-order chi connectivity index (χ0) is 39.8. The van der Waals surface area contributed by atoms with Crippen LogP contribution in [0.25, 0.3) is 0 Å². The third-order valence-electron chi connectivity index (χ3n) is 7.86. The van der Waals surface area contributed by atoms with Gasteiger partial charge in [-0.3, -0.25) is 18.6 Å². The number of aliphatic hydroxyl groups is 1. The van der Waals surface area contributed by atoms with Crippen molar-refractivity contribution in [3.63, 3.8) is 0 Å². The summed E-state index contributed by atoms with van der Waals surface area (Å²) in [4.78, 5) is 34.8. The van der Waals surface area contributed by atoms with Crippen LogP contribution in [-0.4, -0.2) is 60.5 Å². The van der Waals surface area contributed by atoms with Gasteiger partial charge in [0.1, 0.15) is 6.61 Å². The molecule has 2 unspecified atom stereocenters. The lowest BCUT2D eigenvalue weighted by molar-refractivity contribution is -0.161. The molecular weight excluding hydrogens is 705 g/mol. The van der Waals surface area contributed by atoms with E-state index in [4.69, 9.17) is 24.3 Å². The second-order valence-electron chi connectivity index (χ2n) is 13.0. The molecule has 0 saturated carbocycles. The molecule has 0 aromatic carbocycles. The number of allylic oxidation sites excluding steroid dienone is 12. The third-order valence-corrected chi connectivity index (χ3v) is 8.84. The lowest BCUT2D eigenvalue weighted by Crippen LogP contribution is -2.29. The Bertz CT molecular complexity index is 1180. The molecule has 0 spiro atoms. The van der Waals surface area contributed by atoms with Gasteiger partial charge in [-0.1, -0.05) is 137 Å². The zero-order valence-electron chi connectivity index (χ0n) is 33.3. The minimum atomic E-state index is -4.42. The third kappa shape index (κ3) is 37.5. The summed E-state index contributed by atoms with van der Waals surface area (Å²) >= 11 is 0. The van der Waals surface area contributed by atoms with Crippen molar-refractivity contribution < 1.29 is 42.7 Å². The lowest BCUT2D eigenvalue weighted by Gasteiger charge is -2.19. The highest BCUT2D eigenvalue weighted by Crippen LogP contribution is 2.43. The molecule has 0 bridgehead atoms. The number of phosphoric acid groups is 1. The minimum absolute atomic E-state index is 0.0237. The monoisotopic (exact) mass is 777 g/mol. The molecule has 0 radical (unpaired) electrons. The van der Waals surface area contributed by atoms with Gasteiger partial charge >= 0.3 is 19.8 Å². The Morgan fingerprint density at radius 3 is 1.94 bits per heavy atom. The van der Waals surface area contributed by atoms with Crippen molar-refractivity contribution >= 4 is 19.8 Å². The van der Waals surface area contributed by atoms with Crippen molar-refractivity contribution in [2.24, 2.45) is 5.73 Å². The Morgan fingerprint density at radius 1 is 0.667 bits per heavy atom. The van der Waals surface area contributed by atoms with Crippen LogP contribution < -0.4 is 5.73 Å². The van der Waals surface area contributed by atoms with Crippen molar-refractivity contribution in [2.75, 3.05) is 26.4 Å². The van der Waals surface area contributed by atoms with E-state index in [2.05, 4.69) is 62.5 Å². The Labute approximate surface area is 326 Å². The topological polar surface area (TPSA) is 155 Å². The molecule has 0 aromatic heterocycles. The first kappa shape index (κ1) is 51.1. The van der Waals surface area contributed by atoms with Gasteiger partial charge < -0.3 is 25.2 Å². The second-order valence-corrected chi connectivity index (χ2v) is 14.4. The summed E-state index contributed by atoms with van der Waals surface area (Å²) in [5, 5.41) is 10.2. The molecule has 0 fully saturated rings. The predicted molar refractivity (Wildman–Crippen MR) is 221 cm³/mol. The normalized spacial score (nSPS) is 14.8. The number of unbranched alkanes of at least 4 members (excludes halogenated alkanes) is 9. The van der Waals surface area contributed by atoms with Crippen molar-refractivity contribution in [3.8, 4) is 0 Å². The maximum absolute atomic E-state index is 12.5. The summed E-state index contributed by atoms with van der Waals surface area (Å²) < 4.78 is 32.5. The van der Waals surface area contributed by atoms with Crippen molar-refractivity contribution in [1.82, 2.24) is 0 Å². The zero-order valence-corrected chi connectivity index (χ0v) is 34.2. The van der Waals surface area contributed by atoms with Crippen LogP contribution in [0.3, 0.4) is 0 Å². The number of ether oxygens (including phenoxy) is 2. The van der Waals surface area contributed by atoms with Crippen LogP contribution in [0.4, 0.5) is 0 Å². The first-order valence-corrected chi connectivity index (χ1v) is 21.7. The molecule has 10 nitrogen and oxygen atoms in total. The van der Waals surface area contributed by atoms with E-state index in [9.17, 15) is 24.2 Å². The van der Waals surface area contributed by atoms with Gasteiger partial charge in [-0.25, -0.2) is 4.57 Å². The number of nitrogens with two attached hydrogens (primary N) is 1. The van der Waals surface area contributed by atoms with Crippen LogP contribution in [0.15, 0.2) is 85.1 Å². The standard InChI is InChI=1S/C43H72NO9P/c1-3-5-7-9-11-13-15-17-19-21-23-25-28-32-40(45)33-29-27-31-34-42(46)50-38-41(39-52-54(48,49)51-37-36-44)53-43(47)35-30-26-24-22-20-18-16-14-12-10-8-6-4-2/h5,7,11,13-14,16-17,19,23,25,27-29,32,40-41,45H,3-4,6,8-10,12,15,18,20-22,24,26,30-31,33-39,44H2,1-2H3,(H,48,49)/b7-5-,13-11-,16-14-,19-17-,25-23-,29-27-,32-28-/t40?,41-/m1/s1. The van der Waals surface area contributed by atoms with Crippen molar-refractivity contribution in [2.45, 2.75) is 148 Å². The minimum Gasteiger partial charge on any atom is -0.462 e. The number of carbonyl (C=O) groups excluding carboxylic acids is 2. The SMILES string of the molecule is CC/C=C\C/C=C\C/C=C\C/C=C\C=C/C(O)C/C=C\CCC(=O)OC[C@H](COP(=O)(O)OCCN)OC(=O)CCCCCCC/C=C\CCCCCC. The maximum Gasteiger partial charge on any atom is 0.472 e. The molecule has 0 aliphatic carbocycles. The highest BCUT2D eigenvalue weighted by Gasteiger charge is 2.25. The van der Waals surface area contributed by atoms with E-state index in [1.165, 1.54) is 25.7 Å². The van der Waals surface area contributed by atoms with Crippen LogP contribution in [0.2, 0.25) is 0 Å². The molecule has 11 heteroatoms. The van der Waals surface area contributed by atoms with Crippen molar-refractivity contribution in [1.29, 1.82) is 0 Å². The maximum atomic E-state index is 12.5. The van der Waals surface area contributed by atoms with Gasteiger partial charge in [-0.15, -0.1) is 0 Å². The molecule has 54 heavy (non-hydrogen) atoms. The fraction of sp³-hybridized carbons (Fsp3) is 0.628. The fourth-order valence-corrected chi connectivity index (χ4v) is 5.62. The Kier molecular flexibility index (Phi) is 36.4. The van der Waals surface area contributed by atoms with E-state index in [0.29, 0.717) is 19.3 Å². The number of rotatable bonds is 36. The summed E-state index contributed by atoms with van der Waals surface area (Å²) in [5.41, 5.74) is 5.32. The number of esters is 2. The van der Waals surface area contributed by atoms with Crippen LogP contribution in [0.1, 0.15) is 136 Å². The van der Waals surface area contributed by atoms with Gasteiger partial charge in [0.2, 0.25) is 0 Å². The van der Waals surface area contributed by atoms with Gasteiger partial charge in [0.15, 0.2) is 6.10 Å². The van der Waals surface area contributed by atoms with E-state index in [-0.39, 0.29) is 32.6 Å². The number of hydrogen-bond donors (Lipinski definition) is 3. The highest BCUT2D eigenvalue weighted by atomic mass is 31.2. The lowest BCUT2D eigenvalue weighted by atomic mass is 10.1. The van der Waals surface area contributed by atoms with Gasteiger partial charge in [0, 0.05) is 19.4 Å². The molecule has 308 valence electrons. The molecule has 0 aromatic rings. The Hall–Kier alpha value is -2.85. The average Bonchev–Trinajstić information content (AvgIpc) is 3.15. The summed E-state index contributed by atoms with van der Waals surface area (Å²) in [6, 6.07) is 0. The molecule has 4 N–H and O–H groups in total. The molecule has 0 aliphatic heterocycles. The predicted octanol–water partition coefficient (Wildman–Crippen LogP) is 10.2. The first-order chi connectivity index (χ1) is 26.2. The van der Waals surface area contributed by atoms with Gasteiger partial charge in [-0.2, -0.15) is 0 Å². The number of carbonyl (C=O) groups is 2. The first-order valence-electron chi connectivity index (χ1n) is 20.2. The largest absolute Gasteiger partial charge is 0.472 e. The molecule has 0 saturated heterocycles. The molecule has 3 atom stereocenters. The molecule has 0 rings (SSSR count). The number of hydrogen-bond acceptors (Lipinski definition) is 9. The number of aliphatic hydroxyl groups excluding tert-OH is 1. The molecule has 0 heterocycles. The van der Waals surface area contributed by atoms with E-state index in [1.807, 2.05) is 18.2 Å². The van der Waals surface area contributed by atoms with Gasteiger partial charge in [0.25, 0.3) is 0 Å². The van der Waals surface area contributed by atoms with Gasteiger partial charge in [0.05, 0.1) is 19.3 Å². The molecular formula is C43H72NO9P. The smallest absolute Gasteiger partial charge is 0.462 e. The average molecular weight is 778 g/mol. The van der Waals surface area contributed by atoms with Crippen LogP contribution in [-0.2, 0) is 32.7 Å². The summed E-state index contributed by atoms with van der Waals surface area (Å²) in [5.74, 6) is -1.03. The van der Waals surface area contributed by atoms with Crippen LogP contribution in [0, 0.1) is 0 Å². The highest BCUT2D eigenvalue weighted by molar-refractivity contribution is 7.47. The van der Waals surface area contributed by atoms with E-state index < -0.39 is 38.6 Å². The Balaban J connectivity index is 4.45.